The van der Waals surface area contributed by atoms with Crippen LogP contribution in [0, 0.1) is 12.3 Å². The van der Waals surface area contributed by atoms with Gasteiger partial charge in [0, 0.05) is 31.4 Å². The third-order valence-corrected chi connectivity index (χ3v) is 3.09. The molecule has 1 aliphatic heterocycles. The number of nitrogens with one attached hydrogen (secondary N) is 1. The van der Waals surface area contributed by atoms with E-state index in [9.17, 15) is 0 Å². The fraction of sp³-hybridized carbons (Fsp3) is 0.467. The fourth-order valence-corrected chi connectivity index (χ4v) is 2.07. The van der Waals surface area contributed by atoms with Crippen LogP contribution in [0.3, 0.4) is 0 Å². The molecule has 1 aliphatic rings. The quantitative estimate of drug-likeness (QED) is 0.804. The minimum absolute atomic E-state index is 0.314. The Labute approximate surface area is 108 Å². The van der Waals surface area contributed by atoms with Crippen LogP contribution in [0.25, 0.3) is 0 Å². The summed E-state index contributed by atoms with van der Waals surface area (Å²) in [6.07, 6.45) is 7.37. The van der Waals surface area contributed by atoms with Crippen LogP contribution in [0.15, 0.2) is 24.3 Å². The molecule has 0 amide bonds. The number of hydrogen-bond acceptors (Lipinski definition) is 3. The van der Waals surface area contributed by atoms with E-state index in [1.54, 1.807) is 0 Å². The van der Waals surface area contributed by atoms with E-state index in [2.05, 4.69) is 17.3 Å². The lowest BCUT2D eigenvalue weighted by atomic mass is 10.1. The number of rotatable bonds is 5. The zero-order chi connectivity index (χ0) is 12.6. The Morgan fingerprint density at radius 1 is 1.33 bits per heavy atom. The van der Waals surface area contributed by atoms with Crippen molar-refractivity contribution in [2.45, 2.75) is 25.4 Å². The van der Waals surface area contributed by atoms with Gasteiger partial charge in [0.15, 0.2) is 0 Å². The van der Waals surface area contributed by atoms with E-state index in [0.717, 1.165) is 43.9 Å². The highest BCUT2D eigenvalue weighted by molar-refractivity contribution is 5.33. The van der Waals surface area contributed by atoms with Crippen molar-refractivity contribution < 1.29 is 9.47 Å². The molecule has 18 heavy (non-hydrogen) atoms. The average molecular weight is 245 g/mol. The van der Waals surface area contributed by atoms with Gasteiger partial charge in [0.05, 0.1) is 0 Å². The second-order valence-electron chi connectivity index (χ2n) is 4.37. The van der Waals surface area contributed by atoms with Gasteiger partial charge in [-0.15, -0.1) is 6.42 Å². The van der Waals surface area contributed by atoms with Crippen molar-refractivity contribution in [2.75, 3.05) is 19.8 Å². The summed E-state index contributed by atoms with van der Waals surface area (Å²) in [5, 5.41) is 3.54. The average Bonchev–Trinajstić information content (AvgIpc) is 2.45. The molecule has 1 heterocycles. The monoisotopic (exact) mass is 245 g/mol. The van der Waals surface area contributed by atoms with Crippen molar-refractivity contribution in [2.24, 2.45) is 0 Å². The first-order chi connectivity index (χ1) is 8.90. The highest BCUT2D eigenvalue weighted by Gasteiger charge is 2.13. The SMILES string of the molecule is C#CCOc1ccccc1CNC1CCOCC1. The first-order valence-electron chi connectivity index (χ1n) is 6.35. The van der Waals surface area contributed by atoms with Crippen LogP contribution in [0.4, 0.5) is 0 Å². The molecule has 0 unspecified atom stereocenters. The standard InChI is InChI=1S/C15H19NO2/c1-2-9-18-15-6-4-3-5-13(15)12-16-14-7-10-17-11-8-14/h1,3-6,14,16H,7-12H2. The number of para-hydroxylation sites is 1. The van der Waals surface area contributed by atoms with Crippen LogP contribution in [-0.4, -0.2) is 25.9 Å². The predicted molar refractivity (Wildman–Crippen MR) is 71.5 cm³/mol. The van der Waals surface area contributed by atoms with Gasteiger partial charge >= 0.3 is 0 Å². The van der Waals surface area contributed by atoms with Gasteiger partial charge in [0.25, 0.3) is 0 Å². The van der Waals surface area contributed by atoms with Gasteiger partial charge in [-0.2, -0.15) is 0 Å². The van der Waals surface area contributed by atoms with Gasteiger partial charge in [-0.1, -0.05) is 24.1 Å². The normalized spacial score (nSPS) is 16.2. The van der Waals surface area contributed by atoms with E-state index in [0.29, 0.717) is 12.6 Å². The molecule has 0 saturated carbocycles. The highest BCUT2D eigenvalue weighted by atomic mass is 16.5. The van der Waals surface area contributed by atoms with Gasteiger partial charge in [0.1, 0.15) is 12.4 Å². The molecule has 1 saturated heterocycles. The summed E-state index contributed by atoms with van der Waals surface area (Å²) in [6.45, 7) is 2.83. The summed E-state index contributed by atoms with van der Waals surface area (Å²) >= 11 is 0. The van der Waals surface area contributed by atoms with E-state index >= 15 is 0 Å². The second kappa shape index (κ2) is 7.05. The topological polar surface area (TPSA) is 30.5 Å². The fourth-order valence-electron chi connectivity index (χ4n) is 2.07. The molecule has 1 aromatic carbocycles. The third-order valence-electron chi connectivity index (χ3n) is 3.09. The molecule has 1 fully saturated rings. The molecule has 0 spiro atoms. The van der Waals surface area contributed by atoms with Crippen LogP contribution in [0.5, 0.6) is 5.75 Å². The molecule has 1 aromatic rings. The number of ether oxygens (including phenoxy) is 2. The van der Waals surface area contributed by atoms with Gasteiger partial charge in [-0.3, -0.25) is 0 Å². The van der Waals surface area contributed by atoms with Crippen molar-refractivity contribution in [1.29, 1.82) is 0 Å². The predicted octanol–water partition coefficient (Wildman–Crippen LogP) is 1.97. The molecule has 96 valence electrons. The van der Waals surface area contributed by atoms with Crippen molar-refractivity contribution in [3.8, 4) is 18.1 Å². The number of terminal acetylenes is 1. The Kier molecular flexibility index (Phi) is 5.07. The summed E-state index contributed by atoms with van der Waals surface area (Å²) in [7, 11) is 0. The summed E-state index contributed by atoms with van der Waals surface area (Å²) < 4.78 is 10.9. The maximum absolute atomic E-state index is 5.53. The Balaban J connectivity index is 1.89. The number of hydrogen-bond donors (Lipinski definition) is 1. The van der Waals surface area contributed by atoms with Crippen LogP contribution < -0.4 is 10.1 Å². The van der Waals surface area contributed by atoms with Gasteiger partial charge in [0.2, 0.25) is 0 Å². The van der Waals surface area contributed by atoms with E-state index in [-0.39, 0.29) is 0 Å². The summed E-state index contributed by atoms with van der Waals surface area (Å²) in [4.78, 5) is 0. The molecule has 3 nitrogen and oxygen atoms in total. The van der Waals surface area contributed by atoms with Crippen molar-refractivity contribution >= 4 is 0 Å². The van der Waals surface area contributed by atoms with E-state index in [4.69, 9.17) is 15.9 Å². The molecule has 3 heteroatoms. The molecule has 2 rings (SSSR count). The maximum atomic E-state index is 5.53. The summed E-state index contributed by atoms with van der Waals surface area (Å²) in [5.74, 6) is 3.36. The van der Waals surface area contributed by atoms with Crippen LogP contribution in [-0.2, 0) is 11.3 Å². The molecule has 0 atom stereocenters. The molecule has 0 aliphatic carbocycles. The van der Waals surface area contributed by atoms with Crippen molar-refractivity contribution in [3.05, 3.63) is 29.8 Å². The van der Waals surface area contributed by atoms with Crippen molar-refractivity contribution in [1.82, 2.24) is 5.32 Å². The van der Waals surface area contributed by atoms with Gasteiger partial charge in [-0.25, -0.2) is 0 Å². The van der Waals surface area contributed by atoms with Crippen LogP contribution in [0.1, 0.15) is 18.4 Å². The van der Waals surface area contributed by atoms with E-state index in [1.165, 1.54) is 0 Å². The molecule has 0 radical (unpaired) electrons. The lowest BCUT2D eigenvalue weighted by molar-refractivity contribution is 0.0775. The van der Waals surface area contributed by atoms with Gasteiger partial charge < -0.3 is 14.8 Å². The lowest BCUT2D eigenvalue weighted by Gasteiger charge is -2.23. The smallest absolute Gasteiger partial charge is 0.148 e. The van der Waals surface area contributed by atoms with E-state index in [1.807, 2.05) is 18.2 Å². The van der Waals surface area contributed by atoms with Crippen LogP contribution in [0.2, 0.25) is 0 Å². The second-order valence-corrected chi connectivity index (χ2v) is 4.37. The Morgan fingerprint density at radius 2 is 2.11 bits per heavy atom. The molecule has 1 N–H and O–H groups in total. The largest absolute Gasteiger partial charge is 0.481 e. The Hall–Kier alpha value is -1.50. The van der Waals surface area contributed by atoms with Crippen LogP contribution >= 0.6 is 0 Å². The minimum atomic E-state index is 0.314. The summed E-state index contributed by atoms with van der Waals surface area (Å²) in [6, 6.07) is 8.55. The molecular weight excluding hydrogens is 226 g/mol. The van der Waals surface area contributed by atoms with Crippen molar-refractivity contribution in [3.63, 3.8) is 0 Å². The Morgan fingerprint density at radius 3 is 2.89 bits per heavy atom. The number of benzene rings is 1. The molecule has 0 aromatic heterocycles. The zero-order valence-electron chi connectivity index (χ0n) is 10.5. The molecular formula is C15H19NO2. The van der Waals surface area contributed by atoms with E-state index < -0.39 is 0 Å². The first-order valence-corrected chi connectivity index (χ1v) is 6.35. The highest BCUT2D eigenvalue weighted by Crippen LogP contribution is 2.18. The molecule has 0 bridgehead atoms. The third kappa shape index (κ3) is 3.76. The first kappa shape index (κ1) is 12.9. The maximum Gasteiger partial charge on any atom is 0.148 e. The Bertz CT molecular complexity index is 405. The lowest BCUT2D eigenvalue weighted by Crippen LogP contribution is -2.34. The zero-order valence-corrected chi connectivity index (χ0v) is 10.5. The summed E-state index contributed by atoms with van der Waals surface area (Å²) in [5.41, 5.74) is 1.15. The van der Waals surface area contributed by atoms with Gasteiger partial charge in [-0.05, 0) is 18.9 Å². The minimum Gasteiger partial charge on any atom is -0.481 e.